The molecule has 1 aromatic carbocycles. The lowest BCUT2D eigenvalue weighted by Gasteiger charge is -2.10. The molecule has 0 unspecified atom stereocenters. The summed E-state index contributed by atoms with van der Waals surface area (Å²) in [6.45, 7) is 4.75. The standard InChI is InChI=1S/C15H15ClN4O/c1-3-21-9-15-19-13(16)7-14(20-15)18-12-6-11(8-17)5-4-10(12)2/h4-7H,3,9H2,1-2H3,(H,18,19,20). The van der Waals surface area contributed by atoms with Crippen molar-refractivity contribution < 1.29 is 4.74 Å². The molecule has 0 atom stereocenters. The summed E-state index contributed by atoms with van der Waals surface area (Å²) in [6.07, 6.45) is 0. The maximum atomic E-state index is 8.96. The highest BCUT2D eigenvalue weighted by Crippen LogP contribution is 2.22. The van der Waals surface area contributed by atoms with Crippen LogP contribution in [0.25, 0.3) is 0 Å². The summed E-state index contributed by atoms with van der Waals surface area (Å²) in [5.41, 5.74) is 2.40. The second-order valence-corrected chi connectivity index (χ2v) is 4.78. The van der Waals surface area contributed by atoms with Gasteiger partial charge in [-0.15, -0.1) is 0 Å². The van der Waals surface area contributed by atoms with Crippen LogP contribution in [0.1, 0.15) is 23.9 Å². The highest BCUT2D eigenvalue weighted by Gasteiger charge is 2.06. The van der Waals surface area contributed by atoms with E-state index in [4.69, 9.17) is 21.6 Å². The molecule has 0 saturated carbocycles. The first kappa shape index (κ1) is 15.2. The van der Waals surface area contributed by atoms with Gasteiger partial charge in [0.1, 0.15) is 17.6 Å². The van der Waals surface area contributed by atoms with E-state index in [2.05, 4.69) is 21.4 Å². The van der Waals surface area contributed by atoms with Crippen LogP contribution >= 0.6 is 11.6 Å². The average Bonchev–Trinajstić information content (AvgIpc) is 2.47. The van der Waals surface area contributed by atoms with Crippen LogP contribution in [-0.2, 0) is 11.3 Å². The summed E-state index contributed by atoms with van der Waals surface area (Å²) < 4.78 is 5.29. The van der Waals surface area contributed by atoms with Crippen molar-refractivity contribution in [2.45, 2.75) is 20.5 Å². The largest absolute Gasteiger partial charge is 0.374 e. The molecule has 21 heavy (non-hydrogen) atoms. The number of rotatable bonds is 5. The molecule has 1 aromatic heterocycles. The number of nitrogens with one attached hydrogen (secondary N) is 1. The number of aryl methyl sites for hydroxylation is 1. The van der Waals surface area contributed by atoms with E-state index in [1.165, 1.54) is 0 Å². The molecule has 0 saturated heterocycles. The third-order valence-electron chi connectivity index (χ3n) is 2.81. The average molecular weight is 303 g/mol. The molecule has 0 radical (unpaired) electrons. The van der Waals surface area contributed by atoms with Gasteiger partial charge in [0.05, 0.1) is 11.6 Å². The fraction of sp³-hybridized carbons (Fsp3) is 0.267. The maximum Gasteiger partial charge on any atom is 0.158 e. The van der Waals surface area contributed by atoms with E-state index in [9.17, 15) is 0 Å². The third kappa shape index (κ3) is 4.15. The Kier molecular flexibility index (Phi) is 5.09. The number of ether oxygens (including phenoxy) is 1. The SMILES string of the molecule is CCOCc1nc(Cl)cc(Nc2cc(C#N)ccc2C)n1. The van der Waals surface area contributed by atoms with E-state index in [1.54, 1.807) is 18.2 Å². The van der Waals surface area contributed by atoms with Gasteiger partial charge in [0.15, 0.2) is 5.82 Å². The van der Waals surface area contributed by atoms with Crippen LogP contribution in [0, 0.1) is 18.3 Å². The molecule has 0 aliphatic heterocycles. The Morgan fingerprint density at radius 2 is 2.14 bits per heavy atom. The molecule has 0 bridgehead atoms. The first-order valence-corrected chi connectivity index (χ1v) is 6.89. The van der Waals surface area contributed by atoms with Crippen molar-refractivity contribution in [3.63, 3.8) is 0 Å². The number of hydrogen-bond donors (Lipinski definition) is 1. The fourth-order valence-electron chi connectivity index (χ4n) is 1.75. The van der Waals surface area contributed by atoms with Crippen LogP contribution in [0.3, 0.4) is 0 Å². The number of benzene rings is 1. The van der Waals surface area contributed by atoms with Crippen LogP contribution in [-0.4, -0.2) is 16.6 Å². The van der Waals surface area contributed by atoms with Crippen LogP contribution in [0.4, 0.5) is 11.5 Å². The predicted molar refractivity (Wildman–Crippen MR) is 81.5 cm³/mol. The van der Waals surface area contributed by atoms with E-state index in [0.717, 1.165) is 11.3 Å². The van der Waals surface area contributed by atoms with Crippen molar-refractivity contribution in [3.05, 3.63) is 46.4 Å². The Bertz CT molecular complexity index is 682. The molecular weight excluding hydrogens is 288 g/mol. The zero-order valence-corrected chi connectivity index (χ0v) is 12.6. The number of hydrogen-bond acceptors (Lipinski definition) is 5. The fourth-order valence-corrected chi connectivity index (χ4v) is 1.95. The Hall–Kier alpha value is -2.16. The van der Waals surface area contributed by atoms with Crippen molar-refractivity contribution in [2.24, 2.45) is 0 Å². The van der Waals surface area contributed by atoms with Crippen molar-refractivity contribution in [1.82, 2.24) is 9.97 Å². The van der Waals surface area contributed by atoms with E-state index < -0.39 is 0 Å². The number of aromatic nitrogens is 2. The third-order valence-corrected chi connectivity index (χ3v) is 3.00. The van der Waals surface area contributed by atoms with Gasteiger partial charge in [-0.1, -0.05) is 17.7 Å². The summed E-state index contributed by atoms with van der Waals surface area (Å²) in [5.74, 6) is 1.09. The number of nitriles is 1. The molecule has 2 rings (SSSR count). The number of halogens is 1. The van der Waals surface area contributed by atoms with Gasteiger partial charge in [-0.3, -0.25) is 0 Å². The highest BCUT2D eigenvalue weighted by atomic mass is 35.5. The van der Waals surface area contributed by atoms with Crippen LogP contribution in [0.15, 0.2) is 24.3 Å². The van der Waals surface area contributed by atoms with Crippen molar-refractivity contribution in [2.75, 3.05) is 11.9 Å². The minimum atomic E-state index is 0.308. The van der Waals surface area contributed by atoms with Gasteiger partial charge in [-0.25, -0.2) is 9.97 Å². The number of nitrogens with zero attached hydrogens (tertiary/aromatic N) is 3. The molecule has 6 heteroatoms. The minimum Gasteiger partial charge on any atom is -0.374 e. The zero-order chi connectivity index (χ0) is 15.2. The highest BCUT2D eigenvalue weighted by molar-refractivity contribution is 6.29. The topological polar surface area (TPSA) is 70.8 Å². The minimum absolute atomic E-state index is 0.308. The van der Waals surface area contributed by atoms with Gasteiger partial charge in [0, 0.05) is 18.4 Å². The van der Waals surface area contributed by atoms with Gasteiger partial charge in [0.2, 0.25) is 0 Å². The monoisotopic (exact) mass is 302 g/mol. The van der Waals surface area contributed by atoms with E-state index in [1.807, 2.05) is 19.9 Å². The quantitative estimate of drug-likeness (QED) is 0.855. The van der Waals surface area contributed by atoms with E-state index >= 15 is 0 Å². The molecule has 0 amide bonds. The second kappa shape index (κ2) is 7.02. The Balaban J connectivity index is 2.27. The Labute approximate surface area is 128 Å². The lowest BCUT2D eigenvalue weighted by molar-refractivity contribution is 0.128. The molecule has 0 spiro atoms. The smallest absolute Gasteiger partial charge is 0.158 e. The van der Waals surface area contributed by atoms with Crippen molar-refractivity contribution >= 4 is 23.1 Å². The first-order chi connectivity index (χ1) is 10.1. The summed E-state index contributed by atoms with van der Waals surface area (Å²) in [7, 11) is 0. The Morgan fingerprint density at radius 1 is 1.33 bits per heavy atom. The lowest BCUT2D eigenvalue weighted by Crippen LogP contribution is -2.03. The molecule has 1 N–H and O–H groups in total. The zero-order valence-electron chi connectivity index (χ0n) is 11.9. The maximum absolute atomic E-state index is 8.96. The van der Waals surface area contributed by atoms with Crippen LogP contribution < -0.4 is 5.32 Å². The van der Waals surface area contributed by atoms with Gasteiger partial charge in [-0.05, 0) is 31.5 Å². The summed E-state index contributed by atoms with van der Waals surface area (Å²) >= 11 is 5.99. The lowest BCUT2D eigenvalue weighted by atomic mass is 10.1. The van der Waals surface area contributed by atoms with Gasteiger partial charge in [-0.2, -0.15) is 5.26 Å². The summed E-state index contributed by atoms with van der Waals surface area (Å²) in [4.78, 5) is 8.45. The molecular formula is C15H15ClN4O. The molecule has 0 fully saturated rings. The molecule has 5 nitrogen and oxygen atoms in total. The summed E-state index contributed by atoms with van der Waals surface area (Å²) in [6, 6.07) is 9.17. The van der Waals surface area contributed by atoms with Gasteiger partial charge >= 0.3 is 0 Å². The van der Waals surface area contributed by atoms with Crippen LogP contribution in [0.2, 0.25) is 5.15 Å². The first-order valence-electron chi connectivity index (χ1n) is 6.51. The van der Waals surface area contributed by atoms with E-state index in [-0.39, 0.29) is 0 Å². The van der Waals surface area contributed by atoms with Crippen molar-refractivity contribution in [1.29, 1.82) is 5.26 Å². The van der Waals surface area contributed by atoms with Crippen molar-refractivity contribution in [3.8, 4) is 6.07 Å². The van der Waals surface area contributed by atoms with E-state index in [0.29, 0.717) is 35.6 Å². The molecule has 0 aliphatic rings. The molecule has 2 aromatic rings. The van der Waals surface area contributed by atoms with Crippen LogP contribution in [0.5, 0.6) is 0 Å². The predicted octanol–water partition coefficient (Wildman–Crippen LogP) is 3.59. The summed E-state index contributed by atoms with van der Waals surface area (Å²) in [5, 5.41) is 12.5. The Morgan fingerprint density at radius 3 is 2.86 bits per heavy atom. The normalized spacial score (nSPS) is 10.2. The van der Waals surface area contributed by atoms with Gasteiger partial charge < -0.3 is 10.1 Å². The van der Waals surface area contributed by atoms with Gasteiger partial charge in [0.25, 0.3) is 0 Å². The molecule has 108 valence electrons. The molecule has 0 aliphatic carbocycles. The molecule has 1 heterocycles. The second-order valence-electron chi connectivity index (χ2n) is 4.40. The number of anilines is 2.